The maximum Gasteiger partial charge on any atom is 0.126 e. The van der Waals surface area contributed by atoms with Crippen LogP contribution in [0.25, 0.3) is 11.1 Å². The molecule has 0 fully saturated rings. The third-order valence-corrected chi connectivity index (χ3v) is 2.66. The van der Waals surface area contributed by atoms with E-state index in [-0.39, 0.29) is 11.5 Å². The first-order valence-corrected chi connectivity index (χ1v) is 5.43. The lowest BCUT2D eigenvalue weighted by atomic mass is 10.00. The highest BCUT2D eigenvalue weighted by atomic mass is 16.3. The molecule has 2 aromatic carbocycles. The van der Waals surface area contributed by atoms with Crippen LogP contribution >= 0.6 is 0 Å². The van der Waals surface area contributed by atoms with Crippen LogP contribution in [0.1, 0.15) is 5.56 Å². The number of hydrogen-bond donors (Lipinski definition) is 2. The topological polar surface area (TPSA) is 40.5 Å². The Hall–Kier alpha value is -2.22. The molecule has 0 spiro atoms. The van der Waals surface area contributed by atoms with E-state index in [4.69, 9.17) is 0 Å². The molecule has 2 N–H and O–H groups in total. The van der Waals surface area contributed by atoms with Gasteiger partial charge in [-0.05, 0) is 29.7 Å². The molecule has 86 valence electrons. The normalized spacial score (nSPS) is 10.1. The summed E-state index contributed by atoms with van der Waals surface area (Å²) >= 11 is 0. The van der Waals surface area contributed by atoms with Crippen LogP contribution in [0.5, 0.6) is 11.5 Å². The summed E-state index contributed by atoms with van der Waals surface area (Å²) in [5, 5.41) is 19.4. The summed E-state index contributed by atoms with van der Waals surface area (Å²) in [4.78, 5) is 0. The van der Waals surface area contributed by atoms with E-state index < -0.39 is 0 Å². The average molecular weight is 226 g/mol. The summed E-state index contributed by atoms with van der Waals surface area (Å²) < 4.78 is 0. The molecule has 0 aliphatic carbocycles. The number of hydrogen-bond acceptors (Lipinski definition) is 2. The van der Waals surface area contributed by atoms with Gasteiger partial charge in [0.2, 0.25) is 0 Å². The van der Waals surface area contributed by atoms with Crippen molar-refractivity contribution in [2.75, 3.05) is 0 Å². The van der Waals surface area contributed by atoms with Gasteiger partial charge >= 0.3 is 0 Å². The zero-order valence-electron chi connectivity index (χ0n) is 9.43. The van der Waals surface area contributed by atoms with Gasteiger partial charge in [-0.3, -0.25) is 0 Å². The second-order valence-corrected chi connectivity index (χ2v) is 3.85. The molecule has 0 heterocycles. The van der Waals surface area contributed by atoms with E-state index in [1.54, 1.807) is 30.3 Å². The maximum absolute atomic E-state index is 10.1. The largest absolute Gasteiger partial charge is 0.508 e. The van der Waals surface area contributed by atoms with Crippen molar-refractivity contribution in [1.29, 1.82) is 0 Å². The fraction of sp³-hybridized carbons (Fsp3) is 0.0667. The zero-order chi connectivity index (χ0) is 12.3. The fourth-order valence-corrected chi connectivity index (χ4v) is 1.79. The highest BCUT2D eigenvalue weighted by Gasteiger charge is 2.07. The number of rotatable bonds is 3. The van der Waals surface area contributed by atoms with E-state index in [1.165, 1.54) is 0 Å². The first kappa shape index (κ1) is 11.3. The van der Waals surface area contributed by atoms with Gasteiger partial charge in [0, 0.05) is 5.56 Å². The summed E-state index contributed by atoms with van der Waals surface area (Å²) in [6.07, 6.45) is 2.40. The third-order valence-electron chi connectivity index (χ3n) is 2.66. The van der Waals surface area contributed by atoms with Gasteiger partial charge < -0.3 is 10.2 Å². The smallest absolute Gasteiger partial charge is 0.126 e. The standard InChI is InChI=1S/C15H14O2/c1-2-4-12-5-3-6-14(15(12)17)11-7-9-13(16)10-8-11/h2-3,5-10,16-17H,1,4H2. The molecule has 2 nitrogen and oxygen atoms in total. The Kier molecular flexibility index (Phi) is 3.15. The van der Waals surface area contributed by atoms with Crippen LogP contribution in [0.3, 0.4) is 0 Å². The summed E-state index contributed by atoms with van der Waals surface area (Å²) in [6.45, 7) is 3.67. The van der Waals surface area contributed by atoms with Crippen molar-refractivity contribution in [2.45, 2.75) is 6.42 Å². The third kappa shape index (κ3) is 2.31. The lowest BCUT2D eigenvalue weighted by Gasteiger charge is -2.08. The molecule has 0 aromatic heterocycles. The summed E-state index contributed by atoms with van der Waals surface area (Å²) in [5.74, 6) is 0.494. The molecule has 0 atom stereocenters. The second-order valence-electron chi connectivity index (χ2n) is 3.85. The number of phenols is 2. The number of benzene rings is 2. The van der Waals surface area contributed by atoms with Gasteiger partial charge in [-0.15, -0.1) is 6.58 Å². The predicted octanol–water partition coefficient (Wildman–Crippen LogP) is 3.49. The van der Waals surface area contributed by atoms with Crippen molar-refractivity contribution in [2.24, 2.45) is 0 Å². The number of para-hydroxylation sites is 1. The van der Waals surface area contributed by atoms with Crippen LogP contribution in [0.4, 0.5) is 0 Å². The first-order chi connectivity index (χ1) is 8.22. The van der Waals surface area contributed by atoms with Crippen molar-refractivity contribution in [1.82, 2.24) is 0 Å². The Morgan fingerprint density at radius 3 is 2.35 bits per heavy atom. The Labute approximate surface area is 100 Å². The maximum atomic E-state index is 10.1. The van der Waals surface area contributed by atoms with Crippen LogP contribution < -0.4 is 0 Å². The SMILES string of the molecule is C=CCc1cccc(-c2ccc(O)cc2)c1O. The molecule has 0 saturated carbocycles. The van der Waals surface area contributed by atoms with Crippen LogP contribution in [0, 0.1) is 0 Å². The van der Waals surface area contributed by atoms with Gasteiger partial charge in [0.1, 0.15) is 11.5 Å². The van der Waals surface area contributed by atoms with E-state index in [0.29, 0.717) is 6.42 Å². The van der Waals surface area contributed by atoms with E-state index in [9.17, 15) is 10.2 Å². The van der Waals surface area contributed by atoms with Crippen molar-refractivity contribution < 1.29 is 10.2 Å². The Morgan fingerprint density at radius 2 is 1.71 bits per heavy atom. The van der Waals surface area contributed by atoms with Crippen LogP contribution in [0.2, 0.25) is 0 Å². The Balaban J connectivity index is 2.48. The summed E-state index contributed by atoms with van der Waals surface area (Å²) in [5.41, 5.74) is 2.50. The van der Waals surface area contributed by atoms with E-state index >= 15 is 0 Å². The molecule has 0 radical (unpaired) electrons. The molecule has 0 aliphatic heterocycles. The minimum atomic E-state index is 0.218. The van der Waals surface area contributed by atoms with Gasteiger partial charge in [0.25, 0.3) is 0 Å². The van der Waals surface area contributed by atoms with Crippen LogP contribution in [0.15, 0.2) is 55.1 Å². The molecule has 0 bridgehead atoms. The Bertz CT molecular complexity index is 527. The van der Waals surface area contributed by atoms with Crippen molar-refractivity contribution >= 4 is 0 Å². The van der Waals surface area contributed by atoms with E-state index in [1.807, 2.05) is 18.2 Å². The minimum absolute atomic E-state index is 0.218. The quantitative estimate of drug-likeness (QED) is 0.786. The monoisotopic (exact) mass is 226 g/mol. The fourth-order valence-electron chi connectivity index (χ4n) is 1.79. The number of allylic oxidation sites excluding steroid dienone is 1. The zero-order valence-corrected chi connectivity index (χ0v) is 9.43. The molecule has 17 heavy (non-hydrogen) atoms. The molecule has 0 saturated heterocycles. The van der Waals surface area contributed by atoms with Crippen LogP contribution in [-0.2, 0) is 6.42 Å². The highest BCUT2D eigenvalue weighted by Crippen LogP contribution is 2.33. The van der Waals surface area contributed by atoms with Crippen molar-refractivity contribution in [3.63, 3.8) is 0 Å². The average Bonchev–Trinajstić information content (AvgIpc) is 2.34. The lowest BCUT2D eigenvalue weighted by Crippen LogP contribution is -1.86. The summed E-state index contributed by atoms with van der Waals surface area (Å²) in [6, 6.07) is 12.4. The molecule has 0 aliphatic rings. The number of aromatic hydroxyl groups is 2. The molecule has 2 rings (SSSR count). The van der Waals surface area contributed by atoms with Crippen LogP contribution in [-0.4, -0.2) is 10.2 Å². The van der Waals surface area contributed by atoms with E-state index in [0.717, 1.165) is 16.7 Å². The first-order valence-electron chi connectivity index (χ1n) is 5.43. The predicted molar refractivity (Wildman–Crippen MR) is 69.1 cm³/mol. The number of phenolic OH excluding ortho intramolecular Hbond substituents is 2. The van der Waals surface area contributed by atoms with E-state index in [2.05, 4.69) is 6.58 Å². The van der Waals surface area contributed by atoms with Gasteiger partial charge in [-0.1, -0.05) is 36.4 Å². The van der Waals surface area contributed by atoms with Crippen molar-refractivity contribution in [3.8, 4) is 22.6 Å². The molecule has 2 heteroatoms. The van der Waals surface area contributed by atoms with Gasteiger partial charge in [-0.25, -0.2) is 0 Å². The summed E-state index contributed by atoms with van der Waals surface area (Å²) in [7, 11) is 0. The molecular weight excluding hydrogens is 212 g/mol. The lowest BCUT2D eigenvalue weighted by molar-refractivity contribution is 0.471. The Morgan fingerprint density at radius 1 is 1.00 bits per heavy atom. The second kappa shape index (κ2) is 4.74. The van der Waals surface area contributed by atoms with Gasteiger partial charge in [0.15, 0.2) is 0 Å². The van der Waals surface area contributed by atoms with Crippen molar-refractivity contribution in [3.05, 3.63) is 60.7 Å². The molecule has 2 aromatic rings. The minimum Gasteiger partial charge on any atom is -0.508 e. The molecule has 0 amide bonds. The van der Waals surface area contributed by atoms with Gasteiger partial charge in [-0.2, -0.15) is 0 Å². The highest BCUT2D eigenvalue weighted by molar-refractivity contribution is 5.72. The molecular formula is C15H14O2. The molecule has 0 unspecified atom stereocenters. The van der Waals surface area contributed by atoms with Gasteiger partial charge in [0.05, 0.1) is 0 Å².